The Morgan fingerprint density at radius 1 is 1.00 bits per heavy atom. The molecule has 6 heteroatoms. The van der Waals surface area contributed by atoms with E-state index in [0.29, 0.717) is 29.1 Å². The highest BCUT2D eigenvalue weighted by Crippen LogP contribution is 2.38. The minimum absolute atomic E-state index is 0.0338. The quantitative estimate of drug-likeness (QED) is 0.416. The van der Waals surface area contributed by atoms with Crippen LogP contribution in [0.3, 0.4) is 0 Å². The summed E-state index contributed by atoms with van der Waals surface area (Å²) in [7, 11) is 0. The smallest absolute Gasteiger partial charge is 0.335 e. The van der Waals surface area contributed by atoms with Crippen LogP contribution in [0, 0.1) is 11.1 Å². The van der Waals surface area contributed by atoms with Crippen LogP contribution in [0.2, 0.25) is 10.0 Å². The zero-order chi connectivity index (χ0) is 21.3. The van der Waals surface area contributed by atoms with Gasteiger partial charge in [0, 0.05) is 22.4 Å². The standard InChI is InChI=1S/C24H27Cl2NO3/c25-22-13-19(17-6-8-18(9-7-17)24(28)29)14-23(26)21(22)12-16-10-11-27(30,15-16)20-4-2-1-3-5-20/h6-9,13-14,16,20H,1-5,10-12,15H2,(H,28,29). The number of carboxylic acids is 1. The highest BCUT2D eigenvalue weighted by Gasteiger charge is 2.38. The molecule has 160 valence electrons. The van der Waals surface area contributed by atoms with E-state index in [1.54, 1.807) is 24.3 Å². The third kappa shape index (κ3) is 4.52. The van der Waals surface area contributed by atoms with Crippen molar-refractivity contribution in [1.82, 2.24) is 0 Å². The van der Waals surface area contributed by atoms with Gasteiger partial charge in [0.05, 0.1) is 24.7 Å². The first-order chi connectivity index (χ1) is 14.4. The Morgan fingerprint density at radius 3 is 2.23 bits per heavy atom. The monoisotopic (exact) mass is 447 g/mol. The molecule has 1 saturated heterocycles. The molecular formula is C24H27Cl2NO3. The van der Waals surface area contributed by atoms with E-state index in [9.17, 15) is 10.0 Å². The van der Waals surface area contributed by atoms with Crippen molar-refractivity contribution in [3.63, 3.8) is 0 Å². The predicted octanol–water partition coefficient (Wildman–Crippen LogP) is 6.57. The Morgan fingerprint density at radius 2 is 1.63 bits per heavy atom. The lowest BCUT2D eigenvalue weighted by Gasteiger charge is -2.47. The third-order valence-corrected chi connectivity index (χ3v) is 7.50. The molecule has 0 bridgehead atoms. The van der Waals surface area contributed by atoms with Gasteiger partial charge in [-0.05, 0) is 73.1 Å². The van der Waals surface area contributed by atoms with Crippen molar-refractivity contribution in [3.05, 3.63) is 62.8 Å². The number of quaternary nitrogens is 1. The summed E-state index contributed by atoms with van der Waals surface area (Å²) < 4.78 is -0.0338. The van der Waals surface area contributed by atoms with Gasteiger partial charge in [-0.1, -0.05) is 41.8 Å². The predicted molar refractivity (Wildman–Crippen MR) is 121 cm³/mol. The number of benzene rings is 2. The van der Waals surface area contributed by atoms with E-state index in [1.807, 2.05) is 12.1 Å². The molecule has 30 heavy (non-hydrogen) atoms. The molecule has 4 nitrogen and oxygen atoms in total. The van der Waals surface area contributed by atoms with Crippen molar-refractivity contribution in [1.29, 1.82) is 0 Å². The molecule has 2 aliphatic rings. The van der Waals surface area contributed by atoms with Crippen LogP contribution in [0.1, 0.15) is 54.4 Å². The Bertz CT molecular complexity index is 902. The highest BCUT2D eigenvalue weighted by molar-refractivity contribution is 6.36. The van der Waals surface area contributed by atoms with Crippen molar-refractivity contribution in [2.45, 2.75) is 51.0 Å². The van der Waals surface area contributed by atoms with Gasteiger partial charge in [0.2, 0.25) is 0 Å². The summed E-state index contributed by atoms with van der Waals surface area (Å²) in [4.78, 5) is 11.0. The fraction of sp³-hybridized carbons (Fsp3) is 0.458. The largest absolute Gasteiger partial charge is 0.633 e. The number of rotatable bonds is 5. The van der Waals surface area contributed by atoms with Crippen LogP contribution in [-0.4, -0.2) is 34.9 Å². The van der Waals surface area contributed by atoms with Crippen LogP contribution in [-0.2, 0) is 6.42 Å². The average Bonchev–Trinajstić information content (AvgIpc) is 3.13. The molecule has 1 aliphatic heterocycles. The lowest BCUT2D eigenvalue weighted by atomic mass is 9.93. The summed E-state index contributed by atoms with van der Waals surface area (Å²) in [5.74, 6) is -0.647. The zero-order valence-corrected chi connectivity index (χ0v) is 18.5. The maximum Gasteiger partial charge on any atom is 0.335 e. The van der Waals surface area contributed by atoms with E-state index in [4.69, 9.17) is 28.3 Å². The topological polar surface area (TPSA) is 60.4 Å². The van der Waals surface area contributed by atoms with Gasteiger partial charge in [0.15, 0.2) is 0 Å². The van der Waals surface area contributed by atoms with Crippen LogP contribution in [0.4, 0.5) is 0 Å². The molecule has 4 rings (SSSR count). The SMILES string of the molecule is O=C(O)c1ccc(-c2cc(Cl)c(CC3CC[N+]([O-])(C4CCCCC4)C3)c(Cl)c2)cc1. The molecule has 0 spiro atoms. The van der Waals surface area contributed by atoms with Crippen molar-refractivity contribution in [2.75, 3.05) is 13.1 Å². The Balaban J connectivity index is 1.48. The summed E-state index contributed by atoms with van der Waals surface area (Å²) in [6.45, 7) is 1.37. The fourth-order valence-electron chi connectivity index (χ4n) is 5.13. The number of carbonyl (C=O) groups is 1. The van der Waals surface area contributed by atoms with Gasteiger partial charge in [-0.3, -0.25) is 0 Å². The zero-order valence-electron chi connectivity index (χ0n) is 16.9. The number of likely N-dealkylation sites (tertiary alicyclic amines) is 1. The van der Waals surface area contributed by atoms with Gasteiger partial charge in [0.1, 0.15) is 0 Å². The van der Waals surface area contributed by atoms with Crippen molar-refractivity contribution in [3.8, 4) is 11.1 Å². The number of hydrogen-bond acceptors (Lipinski definition) is 2. The van der Waals surface area contributed by atoms with Crippen LogP contribution >= 0.6 is 23.2 Å². The molecule has 1 saturated carbocycles. The van der Waals surface area contributed by atoms with E-state index < -0.39 is 5.97 Å². The molecule has 0 aromatic heterocycles. The molecule has 2 aromatic carbocycles. The molecule has 0 radical (unpaired) electrons. The van der Waals surface area contributed by atoms with E-state index in [1.165, 1.54) is 19.3 Å². The maximum atomic E-state index is 13.4. The van der Waals surface area contributed by atoms with Crippen molar-refractivity contribution in [2.24, 2.45) is 5.92 Å². The molecule has 2 aromatic rings. The Labute approximate surface area is 187 Å². The minimum Gasteiger partial charge on any atom is -0.633 e. The van der Waals surface area contributed by atoms with Gasteiger partial charge >= 0.3 is 5.97 Å². The number of hydroxylamine groups is 3. The van der Waals surface area contributed by atoms with E-state index in [2.05, 4.69) is 0 Å². The number of hydrogen-bond donors (Lipinski definition) is 1. The molecule has 2 atom stereocenters. The molecule has 1 heterocycles. The molecule has 1 N–H and O–H groups in total. The lowest BCUT2D eigenvalue weighted by molar-refractivity contribution is -0.896. The van der Waals surface area contributed by atoms with Gasteiger partial charge in [-0.2, -0.15) is 0 Å². The summed E-state index contributed by atoms with van der Waals surface area (Å²) in [6.07, 6.45) is 7.40. The molecule has 1 aliphatic carbocycles. The summed E-state index contributed by atoms with van der Waals surface area (Å²) in [6, 6.07) is 10.7. The summed E-state index contributed by atoms with van der Waals surface area (Å²) in [5.41, 5.74) is 2.87. The fourth-order valence-corrected chi connectivity index (χ4v) is 5.77. The Kier molecular flexibility index (Phi) is 6.40. The van der Waals surface area contributed by atoms with E-state index in [-0.39, 0.29) is 16.3 Å². The normalized spacial score (nSPS) is 24.8. The van der Waals surface area contributed by atoms with Gasteiger partial charge in [-0.25, -0.2) is 4.79 Å². The first kappa shape index (κ1) is 21.6. The van der Waals surface area contributed by atoms with Crippen LogP contribution in [0.25, 0.3) is 11.1 Å². The number of carboxylic acid groups (broad SMARTS) is 1. The molecule has 2 fully saturated rings. The van der Waals surface area contributed by atoms with Gasteiger partial charge in [-0.15, -0.1) is 0 Å². The first-order valence-electron chi connectivity index (χ1n) is 10.7. The first-order valence-corrected chi connectivity index (χ1v) is 11.5. The number of halogens is 2. The lowest BCUT2D eigenvalue weighted by Crippen LogP contribution is -2.49. The van der Waals surface area contributed by atoms with E-state index >= 15 is 0 Å². The number of nitrogens with zero attached hydrogens (tertiary/aromatic N) is 1. The van der Waals surface area contributed by atoms with Crippen LogP contribution in [0.5, 0.6) is 0 Å². The Hall–Kier alpha value is -1.59. The second-order valence-electron chi connectivity index (χ2n) is 8.81. The summed E-state index contributed by atoms with van der Waals surface area (Å²) >= 11 is 13.2. The minimum atomic E-state index is -0.953. The van der Waals surface area contributed by atoms with Crippen LogP contribution in [0.15, 0.2) is 36.4 Å². The van der Waals surface area contributed by atoms with E-state index in [0.717, 1.165) is 42.4 Å². The third-order valence-electron chi connectivity index (χ3n) is 6.82. The molecule has 0 amide bonds. The van der Waals surface area contributed by atoms with Crippen molar-refractivity contribution < 1.29 is 14.5 Å². The molecular weight excluding hydrogens is 421 g/mol. The maximum absolute atomic E-state index is 13.4. The molecule has 2 unspecified atom stereocenters. The second-order valence-corrected chi connectivity index (χ2v) is 9.62. The van der Waals surface area contributed by atoms with Gasteiger partial charge < -0.3 is 15.0 Å². The number of aromatic carboxylic acids is 1. The van der Waals surface area contributed by atoms with Gasteiger partial charge in [0.25, 0.3) is 0 Å². The van der Waals surface area contributed by atoms with Crippen molar-refractivity contribution >= 4 is 29.2 Å². The summed E-state index contributed by atoms with van der Waals surface area (Å²) in [5, 5.41) is 23.6. The average molecular weight is 448 g/mol. The second kappa shape index (κ2) is 8.88. The highest BCUT2D eigenvalue weighted by atomic mass is 35.5. The van der Waals surface area contributed by atoms with Crippen LogP contribution < -0.4 is 0 Å².